The second-order valence-electron chi connectivity index (χ2n) is 5.53. The summed E-state index contributed by atoms with van der Waals surface area (Å²) in [6.45, 7) is 2.75. The van der Waals surface area contributed by atoms with E-state index in [0.29, 0.717) is 43.2 Å². The molecule has 9 nitrogen and oxygen atoms in total. The van der Waals surface area contributed by atoms with Crippen LogP contribution in [0.4, 0.5) is 11.8 Å². The number of benzene rings is 1. The number of hydrogen-bond acceptors (Lipinski definition) is 8. The van der Waals surface area contributed by atoms with E-state index < -0.39 is 5.91 Å². The van der Waals surface area contributed by atoms with Gasteiger partial charge in [-0.1, -0.05) is 19.1 Å². The van der Waals surface area contributed by atoms with E-state index >= 15 is 0 Å². The van der Waals surface area contributed by atoms with Crippen molar-refractivity contribution in [2.24, 2.45) is 0 Å². The summed E-state index contributed by atoms with van der Waals surface area (Å²) >= 11 is 0. The molecule has 2 aromatic rings. The Hall–Kier alpha value is -3.33. The van der Waals surface area contributed by atoms with Crippen LogP contribution in [0.5, 0.6) is 11.5 Å². The average Bonchev–Trinajstić information content (AvgIpc) is 2.67. The normalized spacial score (nSPS) is 10.7. The maximum atomic E-state index is 11.0. The molecular weight excluding hydrogens is 350 g/mol. The Morgan fingerprint density at radius 3 is 2.78 bits per heavy atom. The fourth-order valence-corrected chi connectivity index (χ4v) is 2.27. The van der Waals surface area contributed by atoms with Crippen molar-refractivity contribution in [3.05, 3.63) is 41.6 Å². The lowest BCUT2D eigenvalue weighted by molar-refractivity contribution is -0.124. The third kappa shape index (κ3) is 6.15. The molecule has 0 aliphatic heterocycles. The summed E-state index contributed by atoms with van der Waals surface area (Å²) in [7, 11) is 0. The molecule has 1 aromatic carbocycles. The molecule has 0 atom stereocenters. The van der Waals surface area contributed by atoms with Gasteiger partial charge in [0.05, 0.1) is 18.9 Å². The number of amides is 1. The second-order valence-corrected chi connectivity index (χ2v) is 5.53. The number of nitrogen functional groups attached to an aromatic ring is 2. The van der Waals surface area contributed by atoms with Gasteiger partial charge in [0.25, 0.3) is 5.91 Å². The minimum Gasteiger partial charge on any atom is -0.493 e. The molecular formula is C18H23N5O4. The van der Waals surface area contributed by atoms with E-state index in [2.05, 4.69) is 9.97 Å². The fourth-order valence-electron chi connectivity index (χ4n) is 2.27. The van der Waals surface area contributed by atoms with Crippen molar-refractivity contribution in [1.82, 2.24) is 15.4 Å². The molecule has 1 amide bonds. The molecule has 1 aromatic heterocycles. The van der Waals surface area contributed by atoms with Gasteiger partial charge in [0, 0.05) is 12.5 Å². The average molecular weight is 373 g/mol. The maximum Gasteiger partial charge on any atom is 0.267 e. The molecule has 1 heterocycles. The zero-order valence-electron chi connectivity index (χ0n) is 15.0. The lowest BCUT2D eigenvalue weighted by atomic mass is 10.2. The van der Waals surface area contributed by atoms with E-state index in [1.54, 1.807) is 12.1 Å². The summed E-state index contributed by atoms with van der Waals surface area (Å²) in [5.74, 6) is 0.875. The molecule has 6 N–H and O–H groups in total. The molecule has 0 aliphatic rings. The lowest BCUT2D eigenvalue weighted by Gasteiger charge is -2.12. The summed E-state index contributed by atoms with van der Waals surface area (Å²) in [6.07, 6.45) is 4.05. The molecule has 2 rings (SSSR count). The number of aromatic nitrogens is 2. The molecule has 9 heteroatoms. The third-order valence-electron chi connectivity index (χ3n) is 3.51. The summed E-state index contributed by atoms with van der Waals surface area (Å²) < 4.78 is 11.4. The first-order valence-electron chi connectivity index (χ1n) is 8.43. The van der Waals surface area contributed by atoms with Crippen LogP contribution in [-0.4, -0.2) is 34.3 Å². The largest absolute Gasteiger partial charge is 0.493 e. The van der Waals surface area contributed by atoms with Gasteiger partial charge in [-0.05, 0) is 30.2 Å². The number of aryl methyl sites for hydroxylation is 1. The van der Waals surface area contributed by atoms with Crippen LogP contribution in [0.1, 0.15) is 24.6 Å². The van der Waals surface area contributed by atoms with Gasteiger partial charge in [0.2, 0.25) is 5.95 Å². The first-order valence-corrected chi connectivity index (χ1v) is 8.43. The van der Waals surface area contributed by atoms with Crippen LogP contribution in [-0.2, 0) is 11.2 Å². The van der Waals surface area contributed by atoms with Crippen molar-refractivity contribution in [3.63, 3.8) is 0 Å². The number of carbonyl (C=O) groups is 1. The van der Waals surface area contributed by atoms with Gasteiger partial charge in [-0.15, -0.1) is 0 Å². The quantitative estimate of drug-likeness (QED) is 0.224. The Labute approximate surface area is 157 Å². The van der Waals surface area contributed by atoms with Crippen molar-refractivity contribution in [2.75, 3.05) is 24.7 Å². The number of hydroxylamine groups is 1. The smallest absolute Gasteiger partial charge is 0.267 e. The highest BCUT2D eigenvalue weighted by atomic mass is 16.5. The first kappa shape index (κ1) is 20.0. The Morgan fingerprint density at radius 2 is 2.04 bits per heavy atom. The van der Waals surface area contributed by atoms with Crippen LogP contribution in [0.15, 0.2) is 30.3 Å². The van der Waals surface area contributed by atoms with Crippen LogP contribution >= 0.6 is 0 Å². The van der Waals surface area contributed by atoms with Gasteiger partial charge in [0.15, 0.2) is 11.6 Å². The predicted octanol–water partition coefficient (Wildman–Crippen LogP) is 1.57. The molecule has 0 saturated heterocycles. The van der Waals surface area contributed by atoms with Gasteiger partial charge < -0.3 is 20.9 Å². The van der Waals surface area contributed by atoms with Crippen molar-refractivity contribution in [3.8, 4) is 11.5 Å². The number of rotatable bonds is 9. The zero-order chi connectivity index (χ0) is 19.6. The van der Waals surface area contributed by atoms with E-state index in [1.807, 2.05) is 25.1 Å². The van der Waals surface area contributed by atoms with E-state index in [-0.39, 0.29) is 11.8 Å². The minimum absolute atomic E-state index is 0.130. The highest BCUT2D eigenvalue weighted by Gasteiger charge is 2.11. The molecule has 0 aliphatic carbocycles. The topological polar surface area (TPSA) is 146 Å². The zero-order valence-corrected chi connectivity index (χ0v) is 15.0. The highest BCUT2D eigenvalue weighted by Crippen LogP contribution is 2.24. The van der Waals surface area contributed by atoms with Crippen LogP contribution in [0.3, 0.4) is 0 Å². The lowest BCUT2D eigenvalue weighted by Crippen LogP contribution is -2.14. The second kappa shape index (κ2) is 9.97. The van der Waals surface area contributed by atoms with Gasteiger partial charge in [0.1, 0.15) is 5.75 Å². The Kier molecular flexibility index (Phi) is 7.38. The Morgan fingerprint density at radius 1 is 1.26 bits per heavy atom. The van der Waals surface area contributed by atoms with E-state index in [0.717, 1.165) is 5.56 Å². The molecule has 0 fully saturated rings. The van der Waals surface area contributed by atoms with Gasteiger partial charge in [-0.25, -0.2) is 10.5 Å². The SMILES string of the molecule is CCc1nc(N)nc(N)c1OCCCOc1cccc(C=CC(=O)NO)c1. The summed E-state index contributed by atoms with van der Waals surface area (Å²) in [6, 6.07) is 7.21. The van der Waals surface area contributed by atoms with Crippen LogP contribution < -0.4 is 26.4 Å². The van der Waals surface area contributed by atoms with Crippen LogP contribution in [0, 0.1) is 0 Å². The monoisotopic (exact) mass is 373 g/mol. The number of nitrogens with one attached hydrogen (secondary N) is 1. The number of carbonyl (C=O) groups excluding carboxylic acids is 1. The molecule has 0 bridgehead atoms. The third-order valence-corrected chi connectivity index (χ3v) is 3.51. The number of hydrogen-bond donors (Lipinski definition) is 4. The van der Waals surface area contributed by atoms with E-state index in [9.17, 15) is 4.79 Å². The number of nitrogens with two attached hydrogens (primary N) is 2. The molecule has 144 valence electrons. The van der Waals surface area contributed by atoms with Crippen LogP contribution in [0.25, 0.3) is 6.08 Å². The fraction of sp³-hybridized carbons (Fsp3) is 0.278. The number of nitrogens with zero attached hydrogens (tertiary/aromatic N) is 2. The highest BCUT2D eigenvalue weighted by molar-refractivity contribution is 5.90. The maximum absolute atomic E-state index is 11.0. The summed E-state index contributed by atoms with van der Waals surface area (Å²) in [5, 5.41) is 8.47. The van der Waals surface area contributed by atoms with Gasteiger partial charge >= 0.3 is 0 Å². The predicted molar refractivity (Wildman–Crippen MR) is 101 cm³/mol. The minimum atomic E-state index is -0.601. The van der Waals surface area contributed by atoms with Crippen molar-refractivity contribution in [2.45, 2.75) is 19.8 Å². The van der Waals surface area contributed by atoms with Crippen molar-refractivity contribution in [1.29, 1.82) is 0 Å². The van der Waals surface area contributed by atoms with E-state index in [4.69, 9.17) is 26.1 Å². The number of anilines is 2. The van der Waals surface area contributed by atoms with Gasteiger partial charge in [-0.3, -0.25) is 10.0 Å². The number of ether oxygens (including phenoxy) is 2. The van der Waals surface area contributed by atoms with E-state index in [1.165, 1.54) is 11.6 Å². The molecule has 0 radical (unpaired) electrons. The molecule has 0 unspecified atom stereocenters. The summed E-state index contributed by atoms with van der Waals surface area (Å²) in [4.78, 5) is 19.0. The Bertz CT molecular complexity index is 810. The molecule has 27 heavy (non-hydrogen) atoms. The standard InChI is InChI=1S/C18H23N5O4/c1-2-14-16(17(19)22-18(20)21-14)27-10-4-9-26-13-6-3-5-12(11-13)7-8-15(24)23-25/h3,5-8,11,25H,2,4,9-10H2,1H3,(H,23,24)(H4,19,20,21,22). The van der Waals surface area contributed by atoms with Crippen molar-refractivity contribution < 1.29 is 19.5 Å². The summed E-state index contributed by atoms with van der Waals surface area (Å²) in [5.41, 5.74) is 14.4. The van der Waals surface area contributed by atoms with Crippen LogP contribution in [0.2, 0.25) is 0 Å². The molecule has 0 spiro atoms. The van der Waals surface area contributed by atoms with Gasteiger partial charge in [-0.2, -0.15) is 4.98 Å². The molecule has 0 saturated carbocycles. The Balaban J connectivity index is 1.82. The van der Waals surface area contributed by atoms with Crippen molar-refractivity contribution >= 4 is 23.7 Å². The first-order chi connectivity index (χ1) is 13.0.